The highest BCUT2D eigenvalue weighted by atomic mass is 19.1. The van der Waals surface area contributed by atoms with E-state index in [-0.39, 0.29) is 0 Å². The number of aromatic nitrogens is 2. The molecule has 1 fully saturated rings. The molecule has 0 spiro atoms. The SMILES string of the molecule is Fc1cncc(N2CCCCN2)n1. The fourth-order valence-corrected chi connectivity index (χ4v) is 1.35. The minimum Gasteiger partial charge on any atom is -0.291 e. The van der Waals surface area contributed by atoms with Gasteiger partial charge in [0.1, 0.15) is 0 Å². The van der Waals surface area contributed by atoms with E-state index in [1.54, 1.807) is 6.20 Å². The van der Waals surface area contributed by atoms with Crippen molar-refractivity contribution in [3.63, 3.8) is 0 Å². The zero-order valence-electron chi connectivity index (χ0n) is 7.20. The lowest BCUT2D eigenvalue weighted by atomic mass is 10.3. The summed E-state index contributed by atoms with van der Waals surface area (Å²) in [5, 5.41) is 1.83. The highest BCUT2D eigenvalue weighted by Crippen LogP contribution is 2.10. The Labute approximate surface area is 75.8 Å². The van der Waals surface area contributed by atoms with E-state index in [9.17, 15) is 4.39 Å². The van der Waals surface area contributed by atoms with Gasteiger partial charge in [-0.2, -0.15) is 9.37 Å². The van der Waals surface area contributed by atoms with Crippen LogP contribution in [0.25, 0.3) is 0 Å². The van der Waals surface area contributed by atoms with Crippen LogP contribution in [-0.4, -0.2) is 23.1 Å². The largest absolute Gasteiger partial charge is 0.291 e. The summed E-state index contributed by atoms with van der Waals surface area (Å²) in [6.45, 7) is 1.77. The maximum absolute atomic E-state index is 12.7. The Kier molecular flexibility index (Phi) is 2.35. The molecule has 2 heterocycles. The molecule has 0 bridgehead atoms. The van der Waals surface area contributed by atoms with Crippen LogP contribution in [0.15, 0.2) is 12.4 Å². The van der Waals surface area contributed by atoms with E-state index in [0.29, 0.717) is 5.82 Å². The molecule has 4 nitrogen and oxygen atoms in total. The Hall–Kier alpha value is -1.23. The molecular weight excluding hydrogens is 171 g/mol. The predicted octanol–water partition coefficient (Wildman–Crippen LogP) is 0.720. The third kappa shape index (κ3) is 1.92. The lowest BCUT2D eigenvalue weighted by Crippen LogP contribution is -2.43. The van der Waals surface area contributed by atoms with Gasteiger partial charge in [-0.3, -0.25) is 9.99 Å². The van der Waals surface area contributed by atoms with Crippen molar-refractivity contribution in [3.8, 4) is 0 Å². The van der Waals surface area contributed by atoms with Gasteiger partial charge in [0.2, 0.25) is 5.95 Å². The second-order valence-corrected chi connectivity index (χ2v) is 2.97. The van der Waals surface area contributed by atoms with E-state index in [2.05, 4.69) is 15.4 Å². The lowest BCUT2D eigenvalue weighted by Gasteiger charge is -2.27. The van der Waals surface area contributed by atoms with Crippen LogP contribution < -0.4 is 10.4 Å². The van der Waals surface area contributed by atoms with Crippen molar-refractivity contribution in [1.29, 1.82) is 0 Å². The molecule has 1 aromatic heterocycles. The maximum Gasteiger partial charge on any atom is 0.233 e. The van der Waals surface area contributed by atoms with Gasteiger partial charge in [-0.25, -0.2) is 5.43 Å². The van der Waals surface area contributed by atoms with E-state index in [0.717, 1.165) is 32.1 Å². The normalized spacial score (nSPS) is 17.5. The van der Waals surface area contributed by atoms with Gasteiger partial charge in [-0.05, 0) is 12.8 Å². The first-order valence-electron chi connectivity index (χ1n) is 4.35. The highest BCUT2D eigenvalue weighted by Gasteiger charge is 2.11. The summed E-state index contributed by atoms with van der Waals surface area (Å²) in [5.74, 6) is 0.0181. The van der Waals surface area contributed by atoms with E-state index in [1.165, 1.54) is 0 Å². The van der Waals surface area contributed by atoms with Crippen LogP contribution in [0.2, 0.25) is 0 Å². The molecule has 0 atom stereocenters. The summed E-state index contributed by atoms with van der Waals surface area (Å²) in [4.78, 5) is 7.47. The summed E-state index contributed by atoms with van der Waals surface area (Å²) in [6.07, 6.45) is 4.92. The highest BCUT2D eigenvalue weighted by molar-refractivity contribution is 5.33. The summed E-state index contributed by atoms with van der Waals surface area (Å²) >= 11 is 0. The zero-order chi connectivity index (χ0) is 9.10. The lowest BCUT2D eigenvalue weighted by molar-refractivity contribution is 0.498. The first-order chi connectivity index (χ1) is 6.36. The minimum absolute atomic E-state index is 0.537. The Morgan fingerprint density at radius 1 is 1.38 bits per heavy atom. The van der Waals surface area contributed by atoms with Crippen molar-refractivity contribution in [3.05, 3.63) is 18.3 Å². The molecule has 1 aliphatic heterocycles. The quantitative estimate of drug-likeness (QED) is 0.694. The fraction of sp³-hybridized carbons (Fsp3) is 0.500. The van der Waals surface area contributed by atoms with Crippen LogP contribution in [0.3, 0.4) is 0 Å². The topological polar surface area (TPSA) is 41.1 Å². The van der Waals surface area contributed by atoms with Crippen LogP contribution in [0, 0.1) is 5.95 Å². The van der Waals surface area contributed by atoms with Gasteiger partial charge in [-0.15, -0.1) is 0 Å². The van der Waals surface area contributed by atoms with Gasteiger partial charge in [-0.1, -0.05) is 0 Å². The number of nitrogens with zero attached hydrogens (tertiary/aromatic N) is 3. The fourth-order valence-electron chi connectivity index (χ4n) is 1.35. The van der Waals surface area contributed by atoms with Crippen LogP contribution in [0.4, 0.5) is 10.2 Å². The number of halogens is 1. The maximum atomic E-state index is 12.7. The third-order valence-electron chi connectivity index (χ3n) is 1.98. The Balaban J connectivity index is 2.14. The predicted molar refractivity (Wildman–Crippen MR) is 46.6 cm³/mol. The molecule has 0 radical (unpaired) electrons. The molecule has 5 heteroatoms. The summed E-state index contributed by atoms with van der Waals surface area (Å²) in [6, 6.07) is 0. The van der Waals surface area contributed by atoms with Crippen LogP contribution in [0.5, 0.6) is 0 Å². The van der Waals surface area contributed by atoms with Gasteiger partial charge in [0, 0.05) is 13.1 Å². The average molecular weight is 182 g/mol. The molecule has 1 saturated heterocycles. The molecule has 2 rings (SSSR count). The number of rotatable bonds is 1. The number of hydrogen-bond acceptors (Lipinski definition) is 4. The second kappa shape index (κ2) is 3.66. The molecule has 1 aliphatic rings. The molecule has 1 aromatic rings. The van der Waals surface area contributed by atoms with Crippen LogP contribution in [-0.2, 0) is 0 Å². The Morgan fingerprint density at radius 2 is 2.31 bits per heavy atom. The average Bonchev–Trinajstić information content (AvgIpc) is 2.19. The number of hydrazine groups is 1. The van der Waals surface area contributed by atoms with Crippen molar-refractivity contribution >= 4 is 5.82 Å². The van der Waals surface area contributed by atoms with Crippen molar-refractivity contribution in [1.82, 2.24) is 15.4 Å². The molecule has 70 valence electrons. The molecule has 0 saturated carbocycles. The first kappa shape index (κ1) is 8.37. The minimum atomic E-state index is -0.537. The molecule has 0 aliphatic carbocycles. The third-order valence-corrected chi connectivity index (χ3v) is 1.98. The van der Waals surface area contributed by atoms with E-state index >= 15 is 0 Å². The smallest absolute Gasteiger partial charge is 0.233 e. The summed E-state index contributed by atoms with van der Waals surface area (Å²) in [5.41, 5.74) is 3.13. The van der Waals surface area contributed by atoms with Gasteiger partial charge in [0.15, 0.2) is 5.82 Å². The van der Waals surface area contributed by atoms with Crippen molar-refractivity contribution < 1.29 is 4.39 Å². The van der Waals surface area contributed by atoms with Crippen molar-refractivity contribution in [2.24, 2.45) is 0 Å². The van der Waals surface area contributed by atoms with E-state index in [4.69, 9.17) is 0 Å². The molecule has 0 aromatic carbocycles. The molecule has 13 heavy (non-hydrogen) atoms. The number of anilines is 1. The molecular formula is C8H11FN4. The monoisotopic (exact) mass is 182 g/mol. The Morgan fingerprint density at radius 3 is 3.00 bits per heavy atom. The first-order valence-corrected chi connectivity index (χ1v) is 4.35. The van der Waals surface area contributed by atoms with E-state index < -0.39 is 5.95 Å². The standard InChI is InChI=1S/C8H11FN4/c9-7-5-10-6-8(12-7)13-4-2-1-3-11-13/h5-6,11H,1-4H2. The molecule has 0 unspecified atom stereocenters. The number of hydrogen-bond donors (Lipinski definition) is 1. The molecule has 0 amide bonds. The zero-order valence-corrected chi connectivity index (χ0v) is 7.20. The molecule has 1 N–H and O–H groups in total. The van der Waals surface area contributed by atoms with Gasteiger partial charge in [0.05, 0.1) is 12.4 Å². The Bertz CT molecular complexity index is 285. The van der Waals surface area contributed by atoms with Gasteiger partial charge < -0.3 is 0 Å². The summed E-state index contributed by atoms with van der Waals surface area (Å²) < 4.78 is 12.7. The van der Waals surface area contributed by atoms with E-state index in [1.807, 2.05) is 5.01 Å². The van der Waals surface area contributed by atoms with Crippen molar-refractivity contribution in [2.75, 3.05) is 18.1 Å². The van der Waals surface area contributed by atoms with Crippen molar-refractivity contribution in [2.45, 2.75) is 12.8 Å². The van der Waals surface area contributed by atoms with Gasteiger partial charge >= 0.3 is 0 Å². The van der Waals surface area contributed by atoms with Gasteiger partial charge in [0.25, 0.3) is 0 Å². The second-order valence-electron chi connectivity index (χ2n) is 2.97. The number of nitrogens with one attached hydrogen (secondary N) is 1. The van der Waals surface area contributed by atoms with Crippen LogP contribution >= 0.6 is 0 Å². The van der Waals surface area contributed by atoms with Crippen LogP contribution in [0.1, 0.15) is 12.8 Å². The summed E-state index contributed by atoms with van der Waals surface area (Å²) in [7, 11) is 0.